The molecule has 2 heterocycles. The fourth-order valence-corrected chi connectivity index (χ4v) is 3.07. The lowest BCUT2D eigenvalue weighted by Crippen LogP contribution is -2.26. The second kappa shape index (κ2) is 9.20. The van der Waals surface area contributed by atoms with Crippen molar-refractivity contribution >= 4 is 5.91 Å². The number of benzene rings is 1. The van der Waals surface area contributed by atoms with E-state index in [1.165, 1.54) is 19.3 Å². The summed E-state index contributed by atoms with van der Waals surface area (Å²) in [5.74, 6) is 2.99. The number of hydrogen-bond donors (Lipinski definition) is 1. The SMILES string of the molecule is O=C(CCCOc1ccccc1)NCCc1nnc2n1CCCCC2. The Labute approximate surface area is 148 Å². The van der Waals surface area contributed by atoms with Crippen LogP contribution < -0.4 is 10.1 Å². The normalized spacial score (nSPS) is 13.8. The number of hydrogen-bond acceptors (Lipinski definition) is 4. The van der Waals surface area contributed by atoms with E-state index in [0.717, 1.165) is 36.8 Å². The van der Waals surface area contributed by atoms with Crippen molar-refractivity contribution in [2.45, 2.75) is 51.5 Å². The highest BCUT2D eigenvalue weighted by Crippen LogP contribution is 2.14. The van der Waals surface area contributed by atoms with Crippen molar-refractivity contribution in [3.05, 3.63) is 42.0 Å². The molecule has 0 fully saturated rings. The zero-order valence-corrected chi connectivity index (χ0v) is 14.6. The van der Waals surface area contributed by atoms with Crippen LogP contribution in [0, 0.1) is 0 Å². The largest absolute Gasteiger partial charge is 0.494 e. The van der Waals surface area contributed by atoms with Gasteiger partial charge in [-0.1, -0.05) is 24.6 Å². The van der Waals surface area contributed by atoms with Gasteiger partial charge in [-0.05, 0) is 31.4 Å². The fourth-order valence-electron chi connectivity index (χ4n) is 3.07. The minimum atomic E-state index is 0.0623. The van der Waals surface area contributed by atoms with Gasteiger partial charge in [0.25, 0.3) is 0 Å². The number of nitrogens with zero attached hydrogens (tertiary/aromatic N) is 3. The molecule has 1 N–H and O–H groups in total. The van der Waals surface area contributed by atoms with E-state index in [0.29, 0.717) is 26.0 Å². The average Bonchev–Trinajstić information content (AvgIpc) is 2.87. The molecule has 0 saturated carbocycles. The van der Waals surface area contributed by atoms with Crippen LogP contribution in [0.25, 0.3) is 0 Å². The lowest BCUT2D eigenvalue weighted by molar-refractivity contribution is -0.121. The van der Waals surface area contributed by atoms with E-state index in [9.17, 15) is 4.79 Å². The molecule has 3 rings (SSSR count). The molecule has 1 aliphatic heterocycles. The summed E-state index contributed by atoms with van der Waals surface area (Å²) in [5.41, 5.74) is 0. The van der Waals surface area contributed by atoms with Crippen LogP contribution in [0.15, 0.2) is 30.3 Å². The first kappa shape index (κ1) is 17.5. The van der Waals surface area contributed by atoms with Crippen LogP contribution in [-0.4, -0.2) is 33.8 Å². The molecule has 0 unspecified atom stereocenters. The minimum Gasteiger partial charge on any atom is -0.494 e. The number of aryl methyl sites for hydroxylation is 1. The third-order valence-corrected chi connectivity index (χ3v) is 4.42. The number of amides is 1. The van der Waals surface area contributed by atoms with Crippen LogP contribution in [0.5, 0.6) is 5.75 Å². The Bertz CT molecular complexity index is 669. The van der Waals surface area contributed by atoms with Gasteiger partial charge in [-0.15, -0.1) is 10.2 Å². The maximum atomic E-state index is 11.9. The molecule has 1 amide bonds. The topological polar surface area (TPSA) is 69.0 Å². The summed E-state index contributed by atoms with van der Waals surface area (Å²) in [4.78, 5) is 11.9. The zero-order valence-electron chi connectivity index (χ0n) is 14.6. The number of aromatic nitrogens is 3. The first-order chi connectivity index (χ1) is 12.3. The Morgan fingerprint density at radius 2 is 2.04 bits per heavy atom. The molecular formula is C19H26N4O2. The van der Waals surface area contributed by atoms with E-state index in [1.54, 1.807) is 0 Å². The van der Waals surface area contributed by atoms with Crippen molar-refractivity contribution in [1.82, 2.24) is 20.1 Å². The van der Waals surface area contributed by atoms with Gasteiger partial charge in [-0.2, -0.15) is 0 Å². The molecule has 6 heteroatoms. The van der Waals surface area contributed by atoms with Crippen LogP contribution in [-0.2, 0) is 24.2 Å². The van der Waals surface area contributed by atoms with Crippen molar-refractivity contribution in [3.63, 3.8) is 0 Å². The van der Waals surface area contributed by atoms with Crippen molar-refractivity contribution in [2.75, 3.05) is 13.2 Å². The lowest BCUT2D eigenvalue weighted by Gasteiger charge is -2.08. The van der Waals surface area contributed by atoms with Crippen molar-refractivity contribution in [1.29, 1.82) is 0 Å². The summed E-state index contributed by atoms with van der Waals surface area (Å²) in [6, 6.07) is 9.66. The van der Waals surface area contributed by atoms with Crippen molar-refractivity contribution < 1.29 is 9.53 Å². The fraction of sp³-hybridized carbons (Fsp3) is 0.526. The number of rotatable bonds is 8. The molecule has 6 nitrogen and oxygen atoms in total. The predicted octanol–water partition coefficient (Wildman–Crippen LogP) is 2.52. The van der Waals surface area contributed by atoms with Gasteiger partial charge in [-0.3, -0.25) is 4.79 Å². The van der Waals surface area contributed by atoms with Gasteiger partial charge in [0.1, 0.15) is 17.4 Å². The van der Waals surface area contributed by atoms with Gasteiger partial charge in [0.2, 0.25) is 5.91 Å². The predicted molar refractivity (Wildman–Crippen MR) is 95.5 cm³/mol. The molecule has 0 saturated heterocycles. The van der Waals surface area contributed by atoms with Crippen LogP contribution in [0.2, 0.25) is 0 Å². The molecule has 0 bridgehead atoms. The Morgan fingerprint density at radius 3 is 2.92 bits per heavy atom. The zero-order chi connectivity index (χ0) is 17.3. The standard InChI is InChI=1S/C19H26N4O2/c24-19(11-7-15-25-16-8-3-1-4-9-16)20-13-12-18-22-21-17-10-5-2-6-14-23(17)18/h1,3-4,8-9H,2,5-7,10-15H2,(H,20,24). The smallest absolute Gasteiger partial charge is 0.220 e. The highest BCUT2D eigenvalue weighted by molar-refractivity contribution is 5.75. The van der Waals surface area contributed by atoms with Gasteiger partial charge in [0.05, 0.1) is 6.61 Å². The van der Waals surface area contributed by atoms with E-state index in [1.807, 2.05) is 30.3 Å². The molecule has 134 valence electrons. The quantitative estimate of drug-likeness (QED) is 0.749. The number of carbonyl (C=O) groups excluding carboxylic acids is 1. The highest BCUT2D eigenvalue weighted by Gasteiger charge is 2.14. The first-order valence-corrected chi connectivity index (χ1v) is 9.18. The van der Waals surface area contributed by atoms with E-state index >= 15 is 0 Å². The number of fused-ring (bicyclic) bond motifs is 1. The van der Waals surface area contributed by atoms with Crippen molar-refractivity contribution in [3.8, 4) is 5.75 Å². The molecule has 1 aliphatic rings. The summed E-state index contributed by atoms with van der Waals surface area (Å²) in [6.45, 7) is 2.16. The Morgan fingerprint density at radius 1 is 1.16 bits per heavy atom. The van der Waals surface area contributed by atoms with E-state index in [2.05, 4.69) is 20.1 Å². The second-order valence-corrected chi connectivity index (χ2v) is 6.36. The average molecular weight is 342 g/mol. The molecule has 0 radical (unpaired) electrons. The molecule has 25 heavy (non-hydrogen) atoms. The highest BCUT2D eigenvalue weighted by atomic mass is 16.5. The molecular weight excluding hydrogens is 316 g/mol. The minimum absolute atomic E-state index is 0.0623. The van der Waals surface area contributed by atoms with Crippen molar-refractivity contribution in [2.24, 2.45) is 0 Å². The number of para-hydroxylation sites is 1. The van der Waals surface area contributed by atoms with Crippen LogP contribution in [0.4, 0.5) is 0 Å². The monoisotopic (exact) mass is 342 g/mol. The summed E-state index contributed by atoms with van der Waals surface area (Å²) in [6.07, 6.45) is 6.57. The number of nitrogens with one attached hydrogen (secondary N) is 1. The second-order valence-electron chi connectivity index (χ2n) is 6.36. The molecule has 0 atom stereocenters. The summed E-state index contributed by atoms with van der Waals surface area (Å²) in [5, 5.41) is 11.5. The molecule has 0 aliphatic carbocycles. The van der Waals surface area contributed by atoms with Crippen LogP contribution in [0.1, 0.15) is 43.8 Å². The van der Waals surface area contributed by atoms with E-state index < -0.39 is 0 Å². The number of carbonyl (C=O) groups is 1. The van der Waals surface area contributed by atoms with Gasteiger partial charge in [0, 0.05) is 32.4 Å². The first-order valence-electron chi connectivity index (χ1n) is 9.18. The van der Waals surface area contributed by atoms with Gasteiger partial charge < -0.3 is 14.6 Å². The summed E-state index contributed by atoms with van der Waals surface area (Å²) >= 11 is 0. The van der Waals surface area contributed by atoms with Gasteiger partial charge in [0.15, 0.2) is 0 Å². The molecule has 0 spiro atoms. The van der Waals surface area contributed by atoms with Gasteiger partial charge in [-0.25, -0.2) is 0 Å². The van der Waals surface area contributed by atoms with E-state index in [4.69, 9.17) is 4.74 Å². The Kier molecular flexibility index (Phi) is 6.42. The molecule has 2 aromatic rings. The van der Waals surface area contributed by atoms with E-state index in [-0.39, 0.29) is 5.91 Å². The number of ether oxygens (including phenoxy) is 1. The van der Waals surface area contributed by atoms with Crippen LogP contribution in [0.3, 0.4) is 0 Å². The maximum Gasteiger partial charge on any atom is 0.220 e. The summed E-state index contributed by atoms with van der Waals surface area (Å²) in [7, 11) is 0. The lowest BCUT2D eigenvalue weighted by atomic mass is 10.2. The Balaban J connectivity index is 1.32. The molecule has 1 aromatic heterocycles. The maximum absolute atomic E-state index is 11.9. The third-order valence-electron chi connectivity index (χ3n) is 4.42. The summed E-state index contributed by atoms with van der Waals surface area (Å²) < 4.78 is 7.82. The van der Waals surface area contributed by atoms with Crippen LogP contribution >= 0.6 is 0 Å². The third kappa shape index (κ3) is 5.31. The molecule has 1 aromatic carbocycles. The van der Waals surface area contributed by atoms with Gasteiger partial charge >= 0.3 is 0 Å². The Hall–Kier alpha value is -2.37.